The predicted molar refractivity (Wildman–Crippen MR) is 49.7 cm³/mol. The van der Waals surface area contributed by atoms with Gasteiger partial charge in [0.25, 0.3) is 6.43 Å². The Kier molecular flexibility index (Phi) is 3.18. The fourth-order valence-electron chi connectivity index (χ4n) is 1.20. The van der Waals surface area contributed by atoms with E-state index in [9.17, 15) is 13.6 Å². The van der Waals surface area contributed by atoms with Crippen molar-refractivity contribution >= 4 is 11.8 Å². The summed E-state index contributed by atoms with van der Waals surface area (Å²) in [6.07, 6.45) is -2.71. The second-order valence-corrected chi connectivity index (χ2v) is 2.92. The van der Waals surface area contributed by atoms with Gasteiger partial charge in [-0.1, -0.05) is 0 Å². The van der Waals surface area contributed by atoms with Crippen LogP contribution in [0.2, 0.25) is 0 Å². The number of carbonyl (C=O) groups is 1. The highest BCUT2D eigenvalue weighted by Crippen LogP contribution is 2.23. The number of anilines is 1. The summed E-state index contributed by atoms with van der Waals surface area (Å²) in [6, 6.07) is 1.12. The number of hydrogen-bond donors (Lipinski definition) is 1. The minimum Gasteiger partial charge on any atom is -0.465 e. The molecule has 1 heterocycles. The van der Waals surface area contributed by atoms with Gasteiger partial charge < -0.3 is 10.5 Å². The molecule has 0 amide bonds. The molecular formula is C9H10F2N2O2. The molecule has 0 aliphatic heterocycles. The molecule has 0 spiro atoms. The summed E-state index contributed by atoms with van der Waals surface area (Å²) in [5.74, 6) is -0.921. The number of methoxy groups -OCH3 is 1. The van der Waals surface area contributed by atoms with Gasteiger partial charge in [-0.25, -0.2) is 18.6 Å². The SMILES string of the molecule is COC(=O)c1c(C)cc(C(F)F)nc1N. The van der Waals surface area contributed by atoms with Gasteiger partial charge in [0.2, 0.25) is 0 Å². The van der Waals surface area contributed by atoms with Gasteiger partial charge >= 0.3 is 5.97 Å². The number of nitrogen functional groups attached to an aromatic ring is 1. The Morgan fingerprint density at radius 2 is 2.20 bits per heavy atom. The van der Waals surface area contributed by atoms with Crippen molar-refractivity contribution in [3.63, 3.8) is 0 Å². The van der Waals surface area contributed by atoms with E-state index < -0.39 is 18.1 Å². The van der Waals surface area contributed by atoms with Crippen molar-refractivity contribution in [3.8, 4) is 0 Å². The highest BCUT2D eigenvalue weighted by molar-refractivity contribution is 5.95. The first-order valence-electron chi connectivity index (χ1n) is 4.10. The molecule has 0 saturated heterocycles. The maximum atomic E-state index is 12.3. The molecule has 0 unspecified atom stereocenters. The van der Waals surface area contributed by atoms with Crippen LogP contribution in [-0.4, -0.2) is 18.1 Å². The topological polar surface area (TPSA) is 65.2 Å². The van der Waals surface area contributed by atoms with Gasteiger partial charge in [-0.05, 0) is 18.6 Å². The van der Waals surface area contributed by atoms with Crippen LogP contribution in [0, 0.1) is 6.92 Å². The number of nitrogens with two attached hydrogens (primary N) is 1. The zero-order valence-electron chi connectivity index (χ0n) is 8.25. The van der Waals surface area contributed by atoms with Crippen molar-refractivity contribution in [3.05, 3.63) is 22.9 Å². The molecule has 0 radical (unpaired) electrons. The standard InChI is InChI=1S/C9H10F2N2O2/c1-4-3-5(7(10)11)13-8(12)6(4)9(14)15-2/h3,7H,1-2H3,(H2,12,13). The molecule has 0 aromatic carbocycles. The molecule has 4 nitrogen and oxygen atoms in total. The number of esters is 1. The zero-order valence-corrected chi connectivity index (χ0v) is 8.25. The van der Waals surface area contributed by atoms with E-state index in [0.717, 1.165) is 6.07 Å². The summed E-state index contributed by atoms with van der Waals surface area (Å²) in [5.41, 5.74) is 5.30. The zero-order chi connectivity index (χ0) is 11.6. The van der Waals surface area contributed by atoms with Gasteiger partial charge in [0.05, 0.1) is 7.11 Å². The van der Waals surface area contributed by atoms with Crippen LogP contribution in [0.25, 0.3) is 0 Å². The van der Waals surface area contributed by atoms with Crippen LogP contribution in [-0.2, 0) is 4.74 Å². The van der Waals surface area contributed by atoms with Crippen molar-refractivity contribution in [1.82, 2.24) is 4.98 Å². The van der Waals surface area contributed by atoms with Gasteiger partial charge in [0.15, 0.2) is 0 Å². The quantitative estimate of drug-likeness (QED) is 0.764. The Bertz CT molecular complexity index is 371. The highest BCUT2D eigenvalue weighted by Gasteiger charge is 2.18. The van der Waals surface area contributed by atoms with Crippen molar-refractivity contribution in [2.24, 2.45) is 0 Å². The first-order valence-corrected chi connectivity index (χ1v) is 4.10. The fraction of sp³-hybridized carbons (Fsp3) is 0.333. The molecular weight excluding hydrogens is 206 g/mol. The summed E-state index contributed by atoms with van der Waals surface area (Å²) < 4.78 is 29.1. The lowest BCUT2D eigenvalue weighted by Crippen LogP contribution is -2.11. The van der Waals surface area contributed by atoms with Gasteiger partial charge in [-0.2, -0.15) is 0 Å². The normalized spacial score (nSPS) is 10.5. The molecule has 0 aliphatic carbocycles. The van der Waals surface area contributed by atoms with Crippen LogP contribution < -0.4 is 5.73 Å². The van der Waals surface area contributed by atoms with Crippen molar-refractivity contribution in [1.29, 1.82) is 0 Å². The van der Waals surface area contributed by atoms with Crippen LogP contribution >= 0.6 is 0 Å². The smallest absolute Gasteiger partial charge is 0.341 e. The summed E-state index contributed by atoms with van der Waals surface area (Å²) >= 11 is 0. The first-order chi connectivity index (χ1) is 6.97. The van der Waals surface area contributed by atoms with E-state index in [4.69, 9.17) is 5.73 Å². The van der Waals surface area contributed by atoms with Crippen LogP contribution in [0.5, 0.6) is 0 Å². The maximum Gasteiger partial charge on any atom is 0.341 e. The summed E-state index contributed by atoms with van der Waals surface area (Å²) in [6.45, 7) is 1.50. The number of alkyl halides is 2. The summed E-state index contributed by atoms with van der Waals surface area (Å²) in [5, 5.41) is 0. The third kappa shape index (κ3) is 2.20. The highest BCUT2D eigenvalue weighted by atomic mass is 19.3. The molecule has 0 aliphatic rings. The first kappa shape index (κ1) is 11.4. The number of hydrogen-bond acceptors (Lipinski definition) is 4. The fourth-order valence-corrected chi connectivity index (χ4v) is 1.20. The predicted octanol–water partition coefficient (Wildman–Crippen LogP) is 1.70. The second kappa shape index (κ2) is 4.20. The van der Waals surface area contributed by atoms with E-state index in [2.05, 4.69) is 9.72 Å². The van der Waals surface area contributed by atoms with Gasteiger partial charge in [-0.15, -0.1) is 0 Å². The van der Waals surface area contributed by atoms with Gasteiger partial charge in [0, 0.05) is 0 Å². The summed E-state index contributed by atoms with van der Waals surface area (Å²) in [7, 11) is 1.18. The van der Waals surface area contributed by atoms with Crippen LogP contribution in [0.4, 0.5) is 14.6 Å². The lowest BCUT2D eigenvalue weighted by molar-refractivity contribution is 0.0600. The Morgan fingerprint density at radius 1 is 1.60 bits per heavy atom. The number of rotatable bonds is 2. The Hall–Kier alpha value is -1.72. The van der Waals surface area contributed by atoms with E-state index in [1.807, 2.05) is 0 Å². The molecule has 15 heavy (non-hydrogen) atoms. The van der Waals surface area contributed by atoms with Crippen LogP contribution in [0.15, 0.2) is 6.07 Å². The average molecular weight is 216 g/mol. The monoisotopic (exact) mass is 216 g/mol. The Morgan fingerprint density at radius 3 is 2.60 bits per heavy atom. The molecule has 82 valence electrons. The largest absolute Gasteiger partial charge is 0.465 e. The molecule has 1 aromatic rings. The number of pyridine rings is 1. The molecule has 0 bridgehead atoms. The average Bonchev–Trinajstić information content (AvgIpc) is 2.16. The molecule has 1 aromatic heterocycles. The molecule has 1 rings (SSSR count). The molecule has 6 heteroatoms. The Balaban J connectivity index is 3.27. The second-order valence-electron chi connectivity index (χ2n) is 2.92. The molecule has 0 saturated carbocycles. The van der Waals surface area contributed by atoms with Crippen molar-refractivity contribution in [2.45, 2.75) is 13.3 Å². The lowest BCUT2D eigenvalue weighted by atomic mass is 10.1. The van der Waals surface area contributed by atoms with Gasteiger partial charge in [-0.3, -0.25) is 0 Å². The van der Waals surface area contributed by atoms with E-state index in [0.29, 0.717) is 5.56 Å². The van der Waals surface area contributed by atoms with E-state index in [-0.39, 0.29) is 11.4 Å². The minimum absolute atomic E-state index is 0.0295. The maximum absolute atomic E-state index is 12.3. The number of aromatic nitrogens is 1. The van der Waals surface area contributed by atoms with E-state index in [1.165, 1.54) is 14.0 Å². The number of ether oxygens (including phenoxy) is 1. The molecule has 0 atom stereocenters. The minimum atomic E-state index is -2.71. The third-order valence-corrected chi connectivity index (χ3v) is 1.88. The summed E-state index contributed by atoms with van der Waals surface area (Å²) in [4.78, 5) is 14.6. The Labute approximate surface area is 85.1 Å². The molecule has 2 N–H and O–H groups in total. The van der Waals surface area contributed by atoms with Crippen LogP contribution in [0.1, 0.15) is 28.0 Å². The van der Waals surface area contributed by atoms with Crippen LogP contribution in [0.3, 0.4) is 0 Å². The molecule has 0 fully saturated rings. The van der Waals surface area contributed by atoms with Crippen molar-refractivity contribution < 1.29 is 18.3 Å². The lowest BCUT2D eigenvalue weighted by Gasteiger charge is -2.08. The number of halogens is 2. The number of nitrogens with zero attached hydrogens (tertiary/aromatic N) is 1. The number of aryl methyl sites for hydroxylation is 1. The van der Waals surface area contributed by atoms with Gasteiger partial charge in [0.1, 0.15) is 17.1 Å². The van der Waals surface area contributed by atoms with Crippen molar-refractivity contribution in [2.75, 3.05) is 12.8 Å². The van der Waals surface area contributed by atoms with E-state index in [1.54, 1.807) is 0 Å². The third-order valence-electron chi connectivity index (χ3n) is 1.88. The van der Waals surface area contributed by atoms with E-state index >= 15 is 0 Å². The number of carbonyl (C=O) groups excluding carboxylic acids is 1.